The molecule has 1 aromatic heterocycles. The van der Waals surface area contributed by atoms with Gasteiger partial charge in [0.25, 0.3) is 0 Å². The highest BCUT2D eigenvalue weighted by atomic mass is 16.2. The van der Waals surface area contributed by atoms with Gasteiger partial charge in [0.1, 0.15) is 0 Å². The number of urea groups is 1. The fraction of sp³-hybridized carbons (Fsp3) is 0.235. The summed E-state index contributed by atoms with van der Waals surface area (Å²) < 4.78 is 0. The van der Waals surface area contributed by atoms with Gasteiger partial charge in [-0.3, -0.25) is 0 Å². The molecule has 0 unspecified atom stereocenters. The van der Waals surface area contributed by atoms with E-state index in [0.29, 0.717) is 17.7 Å². The summed E-state index contributed by atoms with van der Waals surface area (Å²) in [5, 5.41) is 20.7. The van der Waals surface area contributed by atoms with Crippen molar-refractivity contribution in [3.8, 4) is 22.5 Å². The number of hydrogen-bond donors (Lipinski definition) is 3. The molecule has 2 amide bonds. The molecule has 0 saturated heterocycles. The lowest BCUT2D eigenvalue weighted by Crippen LogP contribution is -2.29. The highest BCUT2D eigenvalue weighted by Crippen LogP contribution is 2.40. The predicted octanol–water partition coefficient (Wildman–Crippen LogP) is 7.72. The van der Waals surface area contributed by atoms with Crippen molar-refractivity contribution in [2.24, 2.45) is 5.92 Å². The van der Waals surface area contributed by atoms with Crippen molar-refractivity contribution in [3.63, 3.8) is 0 Å². The SMILES string of the molecule is CC(C)CN(Cc1ccccc1)c1ccc(-c2ccccc2-c2nnn[nH]2)cc1NC(=O)Nc1ccc(C2CC2)cc1. The molecule has 4 aromatic carbocycles. The van der Waals surface area contributed by atoms with Crippen molar-refractivity contribution in [3.05, 3.63) is 108 Å². The molecule has 0 radical (unpaired) electrons. The Balaban J connectivity index is 1.35. The van der Waals surface area contributed by atoms with Crippen LogP contribution in [0.1, 0.15) is 43.7 Å². The summed E-state index contributed by atoms with van der Waals surface area (Å²) in [5.41, 5.74) is 7.76. The van der Waals surface area contributed by atoms with E-state index in [9.17, 15) is 4.79 Å². The van der Waals surface area contributed by atoms with E-state index in [2.05, 4.69) is 98.5 Å². The van der Waals surface area contributed by atoms with E-state index in [-0.39, 0.29) is 6.03 Å². The molecular formula is C34H35N7O. The van der Waals surface area contributed by atoms with Crippen LogP contribution in [-0.2, 0) is 6.54 Å². The van der Waals surface area contributed by atoms with Crippen LogP contribution < -0.4 is 15.5 Å². The second-order valence-electron chi connectivity index (χ2n) is 11.3. The first-order chi connectivity index (χ1) is 20.5. The van der Waals surface area contributed by atoms with Gasteiger partial charge in [-0.05, 0) is 81.6 Å². The Hall–Kier alpha value is -4.98. The van der Waals surface area contributed by atoms with Gasteiger partial charge in [-0.2, -0.15) is 0 Å². The Morgan fingerprint density at radius 1 is 0.905 bits per heavy atom. The summed E-state index contributed by atoms with van der Waals surface area (Å²) in [6.07, 6.45) is 2.50. The van der Waals surface area contributed by atoms with Gasteiger partial charge in [0.05, 0.1) is 11.4 Å². The number of tetrazole rings is 1. The maximum absolute atomic E-state index is 13.4. The number of carbonyl (C=O) groups is 1. The molecule has 0 bridgehead atoms. The van der Waals surface area contributed by atoms with Gasteiger partial charge in [0.2, 0.25) is 0 Å². The van der Waals surface area contributed by atoms with Crippen LogP contribution in [0.25, 0.3) is 22.5 Å². The van der Waals surface area contributed by atoms with Crippen molar-refractivity contribution in [2.45, 2.75) is 39.2 Å². The third-order valence-electron chi connectivity index (χ3n) is 7.44. The second-order valence-corrected chi connectivity index (χ2v) is 11.3. The minimum absolute atomic E-state index is 0.288. The number of hydrogen-bond acceptors (Lipinski definition) is 5. The quantitative estimate of drug-likeness (QED) is 0.163. The van der Waals surface area contributed by atoms with Gasteiger partial charge in [0, 0.05) is 24.3 Å². The summed E-state index contributed by atoms with van der Waals surface area (Å²) in [7, 11) is 0. The number of rotatable bonds is 10. The molecule has 212 valence electrons. The van der Waals surface area contributed by atoms with Crippen molar-refractivity contribution >= 4 is 23.1 Å². The molecule has 0 aliphatic heterocycles. The number of anilines is 3. The Bertz CT molecular complexity index is 1630. The monoisotopic (exact) mass is 557 g/mol. The molecule has 1 aliphatic carbocycles. The predicted molar refractivity (Wildman–Crippen MR) is 168 cm³/mol. The molecule has 6 rings (SSSR count). The molecule has 3 N–H and O–H groups in total. The summed E-state index contributed by atoms with van der Waals surface area (Å²) in [6, 6.07) is 32.5. The van der Waals surface area contributed by atoms with Crippen LogP contribution in [-0.4, -0.2) is 33.2 Å². The number of aromatic nitrogens is 4. The van der Waals surface area contributed by atoms with Crippen molar-refractivity contribution < 1.29 is 4.79 Å². The first kappa shape index (κ1) is 27.2. The standard InChI is InChI=1S/C34H35N7O/c1-23(2)21-41(22-24-8-4-3-5-9-24)32-19-16-27(29-10-6-7-11-30(29)33-37-39-40-38-33)20-31(32)36-34(42)35-28-17-14-26(15-18-28)25-12-13-25/h3-11,14-20,23,25H,12-13,21-22H2,1-2H3,(H2,35,36,42)(H,37,38,39,40). The molecule has 42 heavy (non-hydrogen) atoms. The van der Waals surface area contributed by atoms with Crippen molar-refractivity contribution in [1.29, 1.82) is 0 Å². The van der Waals surface area contributed by atoms with Gasteiger partial charge < -0.3 is 15.5 Å². The lowest BCUT2D eigenvalue weighted by atomic mass is 9.98. The summed E-state index contributed by atoms with van der Waals surface area (Å²) in [4.78, 5) is 15.7. The van der Waals surface area contributed by atoms with Gasteiger partial charge >= 0.3 is 6.03 Å². The minimum Gasteiger partial charge on any atom is -0.365 e. The second kappa shape index (κ2) is 12.3. The molecule has 5 aromatic rings. The number of H-pyrrole nitrogens is 1. The van der Waals surface area contributed by atoms with E-state index < -0.39 is 0 Å². The summed E-state index contributed by atoms with van der Waals surface area (Å²) >= 11 is 0. The molecule has 8 nitrogen and oxygen atoms in total. The van der Waals surface area contributed by atoms with E-state index in [1.165, 1.54) is 24.0 Å². The van der Waals surface area contributed by atoms with E-state index >= 15 is 0 Å². The number of carbonyl (C=O) groups excluding carboxylic acids is 1. The number of aromatic amines is 1. The molecule has 0 atom stereocenters. The van der Waals surface area contributed by atoms with Crippen molar-refractivity contribution in [1.82, 2.24) is 20.6 Å². The largest absolute Gasteiger partial charge is 0.365 e. The number of benzene rings is 4. The van der Waals surface area contributed by atoms with Crippen LogP contribution in [0.4, 0.5) is 21.9 Å². The first-order valence-electron chi connectivity index (χ1n) is 14.5. The van der Waals surface area contributed by atoms with Crippen LogP contribution >= 0.6 is 0 Å². The number of nitrogens with one attached hydrogen (secondary N) is 3. The topological polar surface area (TPSA) is 98.8 Å². The smallest absolute Gasteiger partial charge is 0.323 e. The number of amides is 2. The minimum atomic E-state index is -0.288. The normalized spacial score (nSPS) is 12.7. The molecule has 1 aliphatic rings. The molecule has 0 spiro atoms. The Morgan fingerprint density at radius 2 is 1.64 bits per heavy atom. The van der Waals surface area contributed by atoms with E-state index in [4.69, 9.17) is 0 Å². The Morgan fingerprint density at radius 3 is 2.33 bits per heavy atom. The van der Waals surface area contributed by atoms with Crippen LogP contribution in [0.2, 0.25) is 0 Å². The van der Waals surface area contributed by atoms with Gasteiger partial charge in [0.15, 0.2) is 5.82 Å². The van der Waals surface area contributed by atoms with Crippen LogP contribution in [0.3, 0.4) is 0 Å². The zero-order valence-corrected chi connectivity index (χ0v) is 23.9. The van der Waals surface area contributed by atoms with Gasteiger partial charge in [-0.25, -0.2) is 9.89 Å². The maximum atomic E-state index is 13.4. The fourth-order valence-corrected chi connectivity index (χ4v) is 5.33. The van der Waals surface area contributed by atoms with E-state index in [0.717, 1.165) is 46.8 Å². The molecule has 1 saturated carbocycles. The Labute approximate surface area is 246 Å². The van der Waals surface area contributed by atoms with Gasteiger partial charge in [-0.15, -0.1) is 5.10 Å². The molecular weight excluding hydrogens is 522 g/mol. The number of nitrogens with zero attached hydrogens (tertiary/aromatic N) is 4. The third-order valence-corrected chi connectivity index (χ3v) is 7.44. The highest BCUT2D eigenvalue weighted by molar-refractivity contribution is 6.02. The maximum Gasteiger partial charge on any atom is 0.323 e. The van der Waals surface area contributed by atoms with Crippen molar-refractivity contribution in [2.75, 3.05) is 22.1 Å². The van der Waals surface area contributed by atoms with Gasteiger partial charge in [-0.1, -0.05) is 86.6 Å². The lowest BCUT2D eigenvalue weighted by molar-refractivity contribution is 0.262. The fourth-order valence-electron chi connectivity index (χ4n) is 5.33. The van der Waals surface area contributed by atoms with Crippen LogP contribution in [0.15, 0.2) is 97.1 Å². The van der Waals surface area contributed by atoms with Crippen LogP contribution in [0.5, 0.6) is 0 Å². The highest BCUT2D eigenvalue weighted by Gasteiger charge is 2.23. The Kier molecular flexibility index (Phi) is 7.94. The molecule has 1 fully saturated rings. The average molecular weight is 558 g/mol. The van der Waals surface area contributed by atoms with Crippen LogP contribution in [0, 0.1) is 5.92 Å². The zero-order chi connectivity index (χ0) is 28.9. The summed E-state index contributed by atoms with van der Waals surface area (Å²) in [5.74, 6) is 1.67. The van der Waals surface area contributed by atoms with E-state index in [1.54, 1.807) is 0 Å². The summed E-state index contributed by atoms with van der Waals surface area (Å²) in [6.45, 7) is 5.96. The molecule has 8 heteroatoms. The zero-order valence-electron chi connectivity index (χ0n) is 23.9. The third kappa shape index (κ3) is 6.49. The first-order valence-corrected chi connectivity index (χ1v) is 14.5. The molecule has 1 heterocycles. The lowest BCUT2D eigenvalue weighted by Gasteiger charge is -2.29. The average Bonchev–Trinajstić information content (AvgIpc) is 3.70. The van der Waals surface area contributed by atoms with E-state index in [1.807, 2.05) is 48.5 Å².